The Hall–Kier alpha value is -0.860. The molecule has 0 amide bonds. The smallest absolute Gasteiger partial charge is 0.194 e. The van der Waals surface area contributed by atoms with Crippen molar-refractivity contribution in [2.75, 3.05) is 39.5 Å². The lowest BCUT2D eigenvalue weighted by Gasteiger charge is -2.33. The van der Waals surface area contributed by atoms with Crippen molar-refractivity contribution in [1.82, 2.24) is 10.2 Å². The van der Waals surface area contributed by atoms with Gasteiger partial charge in [-0.25, -0.2) is 4.99 Å². The predicted molar refractivity (Wildman–Crippen MR) is 123 cm³/mol. The second-order valence-electron chi connectivity index (χ2n) is 6.91. The van der Waals surface area contributed by atoms with Gasteiger partial charge in [-0.05, 0) is 43.7 Å². The molecular formula is C21H36IN3O2. The van der Waals surface area contributed by atoms with Crippen molar-refractivity contribution in [3.05, 3.63) is 35.4 Å². The highest BCUT2D eigenvalue weighted by molar-refractivity contribution is 14.0. The summed E-state index contributed by atoms with van der Waals surface area (Å²) in [4.78, 5) is 7.26. The predicted octanol–water partition coefficient (Wildman–Crippen LogP) is 4.06. The summed E-state index contributed by atoms with van der Waals surface area (Å²) >= 11 is 0. The Labute approximate surface area is 181 Å². The molecule has 27 heavy (non-hydrogen) atoms. The lowest BCUT2D eigenvalue weighted by molar-refractivity contribution is 0.0453. The molecule has 0 radical (unpaired) electrons. The third-order valence-corrected chi connectivity index (χ3v) is 4.67. The molecule has 0 unspecified atom stereocenters. The summed E-state index contributed by atoms with van der Waals surface area (Å²) < 4.78 is 11.0. The van der Waals surface area contributed by atoms with Crippen LogP contribution >= 0.6 is 24.0 Å². The summed E-state index contributed by atoms with van der Waals surface area (Å²) in [5, 5.41) is 3.44. The summed E-state index contributed by atoms with van der Waals surface area (Å²) in [7, 11) is 0. The van der Waals surface area contributed by atoms with Gasteiger partial charge in [-0.2, -0.15) is 0 Å². The van der Waals surface area contributed by atoms with E-state index in [1.807, 2.05) is 6.92 Å². The lowest BCUT2D eigenvalue weighted by Crippen LogP contribution is -2.45. The van der Waals surface area contributed by atoms with Gasteiger partial charge in [-0.3, -0.25) is 0 Å². The number of halogens is 1. The number of likely N-dealkylation sites (tertiary alicyclic amines) is 1. The molecule has 0 bridgehead atoms. The van der Waals surface area contributed by atoms with Crippen molar-refractivity contribution in [3.8, 4) is 0 Å². The summed E-state index contributed by atoms with van der Waals surface area (Å²) in [5.41, 5.74) is 2.41. The molecule has 1 aliphatic heterocycles. The zero-order chi connectivity index (χ0) is 18.6. The number of piperidine rings is 1. The maximum atomic E-state index is 5.66. The van der Waals surface area contributed by atoms with Gasteiger partial charge in [0.2, 0.25) is 0 Å². The molecule has 1 fully saturated rings. The molecule has 0 spiro atoms. The molecule has 0 saturated carbocycles. The molecule has 2 rings (SSSR count). The highest BCUT2D eigenvalue weighted by Gasteiger charge is 2.18. The van der Waals surface area contributed by atoms with Crippen molar-refractivity contribution in [2.45, 2.75) is 46.8 Å². The molecule has 1 aromatic carbocycles. The van der Waals surface area contributed by atoms with Gasteiger partial charge < -0.3 is 19.7 Å². The number of benzene rings is 1. The second kappa shape index (κ2) is 14.2. The van der Waals surface area contributed by atoms with Gasteiger partial charge in [0.05, 0.1) is 26.4 Å². The van der Waals surface area contributed by atoms with E-state index in [0.29, 0.717) is 26.4 Å². The molecule has 1 heterocycles. The standard InChI is InChI=1S/C21H35N3O2.HI/c1-4-22-21(24-11-9-18(3)10-12-24)23-16-19-7-6-8-20(15-19)17-26-14-13-25-5-2;/h6-8,15,18H,4-5,9-14,16-17H2,1-3H3,(H,22,23);1H. The fraction of sp³-hybridized carbons (Fsp3) is 0.667. The van der Waals surface area contributed by atoms with E-state index in [9.17, 15) is 0 Å². The SMILES string of the molecule is CCNC(=NCc1cccc(COCCOCC)c1)N1CCC(C)CC1.I. The van der Waals surface area contributed by atoms with Crippen LogP contribution in [0.3, 0.4) is 0 Å². The van der Waals surface area contributed by atoms with E-state index in [4.69, 9.17) is 14.5 Å². The van der Waals surface area contributed by atoms with Crippen molar-refractivity contribution in [3.63, 3.8) is 0 Å². The first-order valence-corrected chi connectivity index (χ1v) is 9.99. The number of hydrogen-bond donors (Lipinski definition) is 1. The molecule has 0 aliphatic carbocycles. The average molecular weight is 489 g/mol. The third kappa shape index (κ3) is 9.25. The van der Waals surface area contributed by atoms with E-state index < -0.39 is 0 Å². The minimum absolute atomic E-state index is 0. The van der Waals surface area contributed by atoms with E-state index in [0.717, 1.165) is 38.1 Å². The van der Waals surface area contributed by atoms with Crippen LogP contribution < -0.4 is 5.32 Å². The van der Waals surface area contributed by atoms with Crippen LogP contribution in [0.2, 0.25) is 0 Å². The number of ether oxygens (including phenoxy) is 2. The zero-order valence-corrected chi connectivity index (χ0v) is 19.4. The van der Waals surface area contributed by atoms with Crippen molar-refractivity contribution in [2.24, 2.45) is 10.9 Å². The summed E-state index contributed by atoms with van der Waals surface area (Å²) in [6.07, 6.45) is 2.50. The van der Waals surface area contributed by atoms with Crippen LogP contribution in [0.5, 0.6) is 0 Å². The highest BCUT2D eigenvalue weighted by Crippen LogP contribution is 2.16. The fourth-order valence-electron chi connectivity index (χ4n) is 3.08. The van der Waals surface area contributed by atoms with Crippen LogP contribution in [0.15, 0.2) is 29.3 Å². The Morgan fingerprint density at radius 1 is 1.15 bits per heavy atom. The molecule has 1 aromatic rings. The maximum Gasteiger partial charge on any atom is 0.194 e. The average Bonchev–Trinajstić information content (AvgIpc) is 2.66. The van der Waals surface area contributed by atoms with Gasteiger partial charge in [0.25, 0.3) is 0 Å². The van der Waals surface area contributed by atoms with Gasteiger partial charge in [0, 0.05) is 26.2 Å². The molecule has 0 atom stereocenters. The molecular weight excluding hydrogens is 453 g/mol. The summed E-state index contributed by atoms with van der Waals surface area (Å²) in [6.45, 7) is 12.9. The number of hydrogen-bond acceptors (Lipinski definition) is 3. The lowest BCUT2D eigenvalue weighted by atomic mass is 10.00. The van der Waals surface area contributed by atoms with Crippen LogP contribution in [-0.2, 0) is 22.6 Å². The van der Waals surface area contributed by atoms with E-state index >= 15 is 0 Å². The second-order valence-corrected chi connectivity index (χ2v) is 6.91. The molecule has 1 N–H and O–H groups in total. The molecule has 1 saturated heterocycles. The third-order valence-electron chi connectivity index (χ3n) is 4.67. The van der Waals surface area contributed by atoms with Gasteiger partial charge >= 0.3 is 0 Å². The first-order valence-electron chi connectivity index (χ1n) is 9.99. The number of rotatable bonds is 9. The number of nitrogens with zero attached hydrogens (tertiary/aromatic N) is 2. The molecule has 154 valence electrons. The number of nitrogens with one attached hydrogen (secondary N) is 1. The normalized spacial score (nSPS) is 15.5. The summed E-state index contributed by atoms with van der Waals surface area (Å²) in [5.74, 6) is 1.87. The van der Waals surface area contributed by atoms with E-state index in [1.165, 1.54) is 24.0 Å². The molecule has 5 nitrogen and oxygen atoms in total. The van der Waals surface area contributed by atoms with Crippen LogP contribution in [-0.4, -0.2) is 50.3 Å². The highest BCUT2D eigenvalue weighted by atomic mass is 127. The Balaban J connectivity index is 0.00000364. The minimum Gasteiger partial charge on any atom is -0.379 e. The van der Waals surface area contributed by atoms with Crippen molar-refractivity contribution in [1.29, 1.82) is 0 Å². The monoisotopic (exact) mass is 489 g/mol. The maximum absolute atomic E-state index is 5.66. The first-order chi connectivity index (χ1) is 12.7. The van der Waals surface area contributed by atoms with Crippen LogP contribution in [0, 0.1) is 5.92 Å². The van der Waals surface area contributed by atoms with E-state index in [1.54, 1.807) is 0 Å². The molecule has 1 aliphatic rings. The minimum atomic E-state index is 0. The van der Waals surface area contributed by atoms with E-state index in [2.05, 4.69) is 48.3 Å². The molecule has 0 aromatic heterocycles. The largest absolute Gasteiger partial charge is 0.379 e. The Bertz CT molecular complexity index is 546. The number of guanidine groups is 1. The quantitative estimate of drug-likeness (QED) is 0.246. The Morgan fingerprint density at radius 2 is 1.85 bits per heavy atom. The van der Waals surface area contributed by atoms with Crippen molar-refractivity contribution >= 4 is 29.9 Å². The van der Waals surface area contributed by atoms with Crippen LogP contribution in [0.25, 0.3) is 0 Å². The first kappa shape index (κ1) is 24.2. The van der Waals surface area contributed by atoms with Gasteiger partial charge in [-0.1, -0.05) is 31.2 Å². The van der Waals surface area contributed by atoms with Gasteiger partial charge in [-0.15, -0.1) is 24.0 Å². The number of aliphatic imine (C=N–C) groups is 1. The van der Waals surface area contributed by atoms with Gasteiger partial charge in [0.15, 0.2) is 5.96 Å². The summed E-state index contributed by atoms with van der Waals surface area (Å²) in [6, 6.07) is 8.51. The van der Waals surface area contributed by atoms with Crippen LogP contribution in [0.4, 0.5) is 0 Å². The Morgan fingerprint density at radius 3 is 2.56 bits per heavy atom. The van der Waals surface area contributed by atoms with E-state index in [-0.39, 0.29) is 24.0 Å². The Kier molecular flexibility index (Phi) is 12.7. The zero-order valence-electron chi connectivity index (χ0n) is 17.1. The fourth-order valence-corrected chi connectivity index (χ4v) is 3.08. The van der Waals surface area contributed by atoms with Gasteiger partial charge in [0.1, 0.15) is 0 Å². The molecule has 6 heteroatoms. The van der Waals surface area contributed by atoms with Crippen molar-refractivity contribution < 1.29 is 9.47 Å². The van der Waals surface area contributed by atoms with Crippen LogP contribution in [0.1, 0.15) is 44.7 Å². The topological polar surface area (TPSA) is 46.1 Å².